The van der Waals surface area contributed by atoms with Gasteiger partial charge >= 0.3 is 6.09 Å². The first-order chi connectivity index (χ1) is 15.5. The molecule has 0 N–H and O–H groups in total. The van der Waals surface area contributed by atoms with Crippen LogP contribution in [0.2, 0.25) is 0 Å². The molecule has 0 saturated carbocycles. The number of piperazine rings is 1. The van der Waals surface area contributed by atoms with Gasteiger partial charge in [0.25, 0.3) is 15.9 Å². The topological polar surface area (TPSA) is 96.5 Å². The monoisotopic (exact) mass is 495 g/mol. The van der Waals surface area contributed by atoms with E-state index in [2.05, 4.69) is 0 Å². The molecule has 1 saturated heterocycles. The van der Waals surface area contributed by atoms with E-state index in [4.69, 9.17) is 9.47 Å². The number of hydrogen-bond acceptors (Lipinski definition) is 7. The maximum atomic E-state index is 12.6. The predicted octanol–water partition coefficient (Wildman–Crippen LogP) is 3.03. The highest BCUT2D eigenvalue weighted by molar-refractivity contribution is 7.94. The maximum absolute atomic E-state index is 12.6. The lowest BCUT2D eigenvalue weighted by atomic mass is 10.2. The first kappa shape index (κ1) is 24.8. The Morgan fingerprint density at radius 2 is 1.64 bits per heavy atom. The Morgan fingerprint density at radius 3 is 2.18 bits per heavy atom. The van der Waals surface area contributed by atoms with Crippen LogP contribution in [0.1, 0.15) is 20.8 Å². The average Bonchev–Trinajstić information content (AvgIpc) is 3.32. The summed E-state index contributed by atoms with van der Waals surface area (Å²) in [6.07, 6.45) is -0.378. The number of carbonyl (C=O) groups excluding carboxylic acids is 2. The molecule has 0 radical (unpaired) electrons. The summed E-state index contributed by atoms with van der Waals surface area (Å²) in [7, 11) is -2.12. The van der Waals surface area contributed by atoms with E-state index in [-0.39, 0.29) is 22.8 Å². The average molecular weight is 496 g/mol. The van der Waals surface area contributed by atoms with E-state index >= 15 is 0 Å². The van der Waals surface area contributed by atoms with Crippen LogP contribution in [0.4, 0.5) is 10.5 Å². The Kier molecular flexibility index (Phi) is 7.53. The molecule has 3 rings (SSSR count). The van der Waals surface area contributed by atoms with E-state index in [1.807, 2.05) is 20.8 Å². The molecule has 2 aromatic rings. The van der Waals surface area contributed by atoms with E-state index in [1.165, 1.54) is 11.4 Å². The second-order valence-electron chi connectivity index (χ2n) is 8.54. The third kappa shape index (κ3) is 6.38. The first-order valence-electron chi connectivity index (χ1n) is 10.5. The van der Waals surface area contributed by atoms with Gasteiger partial charge < -0.3 is 19.3 Å². The minimum absolute atomic E-state index is 0.144. The molecule has 0 spiro atoms. The van der Waals surface area contributed by atoms with Gasteiger partial charge in [-0.05, 0) is 56.5 Å². The second-order valence-corrected chi connectivity index (χ2v) is 11.7. The molecule has 2 heterocycles. The van der Waals surface area contributed by atoms with Gasteiger partial charge in [-0.3, -0.25) is 9.10 Å². The maximum Gasteiger partial charge on any atom is 0.410 e. The summed E-state index contributed by atoms with van der Waals surface area (Å²) < 4.78 is 37.7. The lowest BCUT2D eigenvalue weighted by Crippen LogP contribution is -2.52. The lowest BCUT2D eigenvalue weighted by Gasteiger charge is -2.35. The number of rotatable bonds is 6. The quantitative estimate of drug-likeness (QED) is 0.611. The van der Waals surface area contributed by atoms with Crippen LogP contribution in [0.25, 0.3) is 0 Å². The summed E-state index contributed by atoms with van der Waals surface area (Å²) in [5, 5.41) is 1.71. The minimum atomic E-state index is -3.61. The molecule has 1 aliphatic heterocycles. The van der Waals surface area contributed by atoms with Crippen LogP contribution in [0, 0.1) is 0 Å². The van der Waals surface area contributed by atoms with Crippen molar-refractivity contribution in [3.63, 3.8) is 0 Å². The number of benzene rings is 1. The summed E-state index contributed by atoms with van der Waals surface area (Å²) in [5.41, 5.74) is -0.0727. The summed E-state index contributed by atoms with van der Waals surface area (Å²) in [6.45, 7) is 6.92. The van der Waals surface area contributed by atoms with Crippen LogP contribution in [-0.4, -0.2) is 75.7 Å². The molecule has 1 fully saturated rings. The zero-order chi connectivity index (χ0) is 24.2. The minimum Gasteiger partial charge on any atom is -0.484 e. The van der Waals surface area contributed by atoms with Crippen LogP contribution in [0.15, 0.2) is 46.0 Å². The smallest absolute Gasteiger partial charge is 0.410 e. The second kappa shape index (κ2) is 10.0. The van der Waals surface area contributed by atoms with Gasteiger partial charge in [0.2, 0.25) is 0 Å². The zero-order valence-corrected chi connectivity index (χ0v) is 20.8. The van der Waals surface area contributed by atoms with Gasteiger partial charge in [-0.2, -0.15) is 0 Å². The first-order valence-corrected chi connectivity index (χ1v) is 12.8. The van der Waals surface area contributed by atoms with Crippen molar-refractivity contribution in [3.05, 3.63) is 41.8 Å². The Hall–Kier alpha value is -2.79. The van der Waals surface area contributed by atoms with Crippen molar-refractivity contribution in [1.82, 2.24) is 9.80 Å². The van der Waals surface area contributed by atoms with Crippen molar-refractivity contribution >= 4 is 39.0 Å². The Balaban J connectivity index is 1.49. The Labute approximate surface area is 198 Å². The number of sulfonamides is 1. The Morgan fingerprint density at radius 1 is 1.03 bits per heavy atom. The van der Waals surface area contributed by atoms with Crippen LogP contribution in [0.5, 0.6) is 5.75 Å². The van der Waals surface area contributed by atoms with Crippen molar-refractivity contribution in [2.75, 3.05) is 44.1 Å². The van der Waals surface area contributed by atoms with Crippen LogP contribution in [0.3, 0.4) is 0 Å². The summed E-state index contributed by atoms with van der Waals surface area (Å²) in [6, 6.07) is 9.77. The van der Waals surface area contributed by atoms with Gasteiger partial charge in [0.1, 0.15) is 15.6 Å². The standard InChI is InChI=1S/C22H29N3O6S2/c1-22(2,3)31-21(27)25-13-11-24(12-14-25)19(26)16-30-18-9-7-17(8-10-18)23(4)33(28,29)20-6-5-15-32-20/h5-10,15H,11-14,16H2,1-4H3. The van der Waals surface area contributed by atoms with Crippen molar-refractivity contribution in [2.24, 2.45) is 0 Å². The van der Waals surface area contributed by atoms with Crippen molar-refractivity contribution in [2.45, 2.75) is 30.6 Å². The van der Waals surface area contributed by atoms with E-state index < -0.39 is 15.6 Å². The van der Waals surface area contributed by atoms with Gasteiger partial charge in [-0.1, -0.05) is 6.07 Å². The summed E-state index contributed by atoms with van der Waals surface area (Å²) in [4.78, 5) is 27.9. The number of ether oxygens (including phenoxy) is 2. The highest BCUT2D eigenvalue weighted by Gasteiger charge is 2.28. The summed E-state index contributed by atoms with van der Waals surface area (Å²) >= 11 is 1.16. The number of thiophene rings is 1. The molecular weight excluding hydrogens is 466 g/mol. The number of nitrogens with zero attached hydrogens (tertiary/aromatic N) is 3. The molecule has 2 amide bonds. The number of amides is 2. The fraction of sp³-hybridized carbons (Fsp3) is 0.455. The highest BCUT2D eigenvalue weighted by Crippen LogP contribution is 2.26. The largest absolute Gasteiger partial charge is 0.484 e. The number of carbonyl (C=O) groups is 2. The Bertz CT molecular complexity index is 1050. The van der Waals surface area contributed by atoms with Gasteiger partial charge in [0, 0.05) is 33.2 Å². The van der Waals surface area contributed by atoms with E-state index in [0.717, 1.165) is 11.3 Å². The SMILES string of the molecule is CN(c1ccc(OCC(=O)N2CCN(C(=O)OC(C)(C)C)CC2)cc1)S(=O)(=O)c1cccs1. The molecule has 9 nitrogen and oxygen atoms in total. The van der Waals surface area contributed by atoms with Gasteiger partial charge in [0.15, 0.2) is 6.61 Å². The molecule has 1 aliphatic rings. The molecule has 1 aromatic carbocycles. The van der Waals surface area contributed by atoms with Crippen molar-refractivity contribution in [3.8, 4) is 5.75 Å². The molecule has 180 valence electrons. The van der Waals surface area contributed by atoms with Gasteiger partial charge in [-0.25, -0.2) is 13.2 Å². The molecular formula is C22H29N3O6S2. The fourth-order valence-corrected chi connectivity index (χ4v) is 5.49. The molecule has 1 aromatic heterocycles. The molecule has 11 heteroatoms. The number of hydrogen-bond donors (Lipinski definition) is 0. The molecule has 0 unspecified atom stereocenters. The third-order valence-electron chi connectivity index (χ3n) is 4.96. The van der Waals surface area contributed by atoms with E-state index in [9.17, 15) is 18.0 Å². The third-order valence-corrected chi connectivity index (χ3v) is 8.12. The van der Waals surface area contributed by atoms with Crippen LogP contribution in [-0.2, 0) is 19.6 Å². The highest BCUT2D eigenvalue weighted by atomic mass is 32.2. The summed E-state index contributed by atoms with van der Waals surface area (Å²) in [5.74, 6) is 0.279. The number of anilines is 1. The molecule has 0 atom stereocenters. The lowest BCUT2D eigenvalue weighted by molar-refractivity contribution is -0.135. The van der Waals surface area contributed by atoms with E-state index in [1.54, 1.807) is 51.6 Å². The van der Waals surface area contributed by atoms with E-state index in [0.29, 0.717) is 37.6 Å². The van der Waals surface area contributed by atoms with Gasteiger partial charge in [0.05, 0.1) is 5.69 Å². The molecule has 0 aliphatic carbocycles. The van der Waals surface area contributed by atoms with Crippen LogP contribution >= 0.6 is 11.3 Å². The predicted molar refractivity (Wildman–Crippen MR) is 126 cm³/mol. The van der Waals surface area contributed by atoms with Crippen LogP contribution < -0.4 is 9.04 Å². The molecule has 33 heavy (non-hydrogen) atoms. The van der Waals surface area contributed by atoms with Crippen molar-refractivity contribution < 1.29 is 27.5 Å². The zero-order valence-electron chi connectivity index (χ0n) is 19.2. The normalized spacial score (nSPS) is 14.7. The molecule has 0 bridgehead atoms. The van der Waals surface area contributed by atoms with Crippen molar-refractivity contribution in [1.29, 1.82) is 0 Å². The van der Waals surface area contributed by atoms with Gasteiger partial charge in [-0.15, -0.1) is 11.3 Å². The fourth-order valence-electron chi connectivity index (χ4n) is 3.14.